The van der Waals surface area contributed by atoms with Gasteiger partial charge in [-0.1, -0.05) is 0 Å². The lowest BCUT2D eigenvalue weighted by atomic mass is 10.1. The Morgan fingerprint density at radius 2 is 2.31 bits per heavy atom. The maximum atomic E-state index is 11.6. The lowest BCUT2D eigenvalue weighted by Gasteiger charge is -2.12. The second-order valence-corrected chi connectivity index (χ2v) is 3.55. The summed E-state index contributed by atoms with van der Waals surface area (Å²) in [4.78, 5) is 25.8. The summed E-state index contributed by atoms with van der Waals surface area (Å²) in [5, 5.41) is 11.2. The second-order valence-electron chi connectivity index (χ2n) is 3.55. The highest BCUT2D eigenvalue weighted by Gasteiger charge is 2.10. The minimum atomic E-state index is -0.859. The van der Waals surface area contributed by atoms with Gasteiger partial charge in [-0.25, -0.2) is 0 Å². The summed E-state index contributed by atoms with van der Waals surface area (Å²) in [6.45, 7) is 1.78. The van der Waals surface area contributed by atoms with Gasteiger partial charge < -0.3 is 10.4 Å². The molecular formula is C11H14N2O3. The molecule has 5 heteroatoms. The molecule has 1 unspecified atom stereocenters. The molecule has 2 N–H and O–H groups in total. The molecule has 0 aliphatic carbocycles. The topological polar surface area (TPSA) is 79.3 Å². The molecule has 0 fully saturated rings. The number of hydrogen-bond donors (Lipinski definition) is 2. The predicted octanol–water partition coefficient (Wildman–Crippen LogP) is 1.06. The van der Waals surface area contributed by atoms with Gasteiger partial charge in [0.2, 0.25) is 0 Å². The van der Waals surface area contributed by atoms with E-state index in [1.807, 2.05) is 0 Å². The molecule has 0 saturated carbocycles. The van der Waals surface area contributed by atoms with Gasteiger partial charge in [0.1, 0.15) is 0 Å². The van der Waals surface area contributed by atoms with Crippen molar-refractivity contribution >= 4 is 11.9 Å². The first kappa shape index (κ1) is 12.2. The van der Waals surface area contributed by atoms with Crippen molar-refractivity contribution in [2.75, 3.05) is 0 Å². The summed E-state index contributed by atoms with van der Waals surface area (Å²) in [5.41, 5.74) is 0.477. The van der Waals surface area contributed by atoms with E-state index in [9.17, 15) is 9.59 Å². The van der Waals surface area contributed by atoms with Crippen molar-refractivity contribution in [1.82, 2.24) is 10.3 Å². The van der Waals surface area contributed by atoms with E-state index in [1.54, 1.807) is 25.3 Å². The molecule has 16 heavy (non-hydrogen) atoms. The third-order valence-corrected chi connectivity index (χ3v) is 2.09. The molecule has 1 rings (SSSR count). The molecule has 1 aromatic heterocycles. The number of nitrogens with zero attached hydrogens (tertiary/aromatic N) is 1. The number of rotatable bonds is 5. The van der Waals surface area contributed by atoms with Crippen molar-refractivity contribution in [2.24, 2.45) is 0 Å². The van der Waals surface area contributed by atoms with Crippen molar-refractivity contribution < 1.29 is 14.7 Å². The molecule has 86 valence electrons. The lowest BCUT2D eigenvalue weighted by Crippen LogP contribution is -2.32. The van der Waals surface area contributed by atoms with E-state index in [4.69, 9.17) is 5.11 Å². The summed E-state index contributed by atoms with van der Waals surface area (Å²) in [6.07, 6.45) is 3.53. The van der Waals surface area contributed by atoms with E-state index in [-0.39, 0.29) is 18.4 Å². The third-order valence-electron chi connectivity index (χ3n) is 2.09. The molecule has 1 aromatic rings. The summed E-state index contributed by atoms with van der Waals surface area (Å²) in [7, 11) is 0. The van der Waals surface area contributed by atoms with Gasteiger partial charge in [-0.05, 0) is 25.5 Å². The SMILES string of the molecule is CC(CCC(=O)O)NC(=O)c1cccnc1. The smallest absolute Gasteiger partial charge is 0.303 e. The van der Waals surface area contributed by atoms with Crippen molar-refractivity contribution in [1.29, 1.82) is 0 Å². The fourth-order valence-electron chi connectivity index (χ4n) is 1.22. The fourth-order valence-corrected chi connectivity index (χ4v) is 1.22. The molecule has 0 aliphatic rings. The largest absolute Gasteiger partial charge is 0.481 e. The Labute approximate surface area is 93.5 Å². The third kappa shape index (κ3) is 4.08. The monoisotopic (exact) mass is 222 g/mol. The minimum Gasteiger partial charge on any atom is -0.481 e. The number of nitrogens with one attached hydrogen (secondary N) is 1. The second kappa shape index (κ2) is 5.85. The van der Waals surface area contributed by atoms with E-state index in [0.717, 1.165) is 0 Å². The van der Waals surface area contributed by atoms with E-state index in [2.05, 4.69) is 10.3 Å². The van der Waals surface area contributed by atoms with Crippen LogP contribution in [0.2, 0.25) is 0 Å². The van der Waals surface area contributed by atoms with Crippen molar-refractivity contribution in [3.8, 4) is 0 Å². The average Bonchev–Trinajstić information content (AvgIpc) is 2.27. The van der Waals surface area contributed by atoms with E-state index >= 15 is 0 Å². The van der Waals surface area contributed by atoms with Crippen LogP contribution >= 0.6 is 0 Å². The number of carbonyl (C=O) groups excluding carboxylic acids is 1. The van der Waals surface area contributed by atoms with Gasteiger partial charge in [0.15, 0.2) is 0 Å². The number of carbonyl (C=O) groups is 2. The molecule has 5 nitrogen and oxygen atoms in total. The Balaban J connectivity index is 2.43. The van der Waals surface area contributed by atoms with E-state index in [0.29, 0.717) is 12.0 Å². The maximum absolute atomic E-state index is 11.6. The molecule has 1 heterocycles. The van der Waals surface area contributed by atoms with Crippen LogP contribution in [0.4, 0.5) is 0 Å². The molecule has 1 amide bonds. The number of amides is 1. The maximum Gasteiger partial charge on any atom is 0.303 e. The number of aromatic nitrogens is 1. The first-order valence-electron chi connectivity index (χ1n) is 5.02. The molecule has 0 saturated heterocycles. The van der Waals surface area contributed by atoms with E-state index < -0.39 is 5.97 Å². The molecule has 0 aliphatic heterocycles. The zero-order chi connectivity index (χ0) is 12.0. The van der Waals surface area contributed by atoms with Crippen molar-refractivity contribution in [3.63, 3.8) is 0 Å². The predicted molar refractivity (Wildman–Crippen MR) is 58.0 cm³/mol. The Morgan fingerprint density at radius 1 is 1.56 bits per heavy atom. The van der Waals surface area contributed by atoms with Gasteiger partial charge in [-0.3, -0.25) is 14.6 Å². The Hall–Kier alpha value is -1.91. The first-order chi connectivity index (χ1) is 7.59. The highest BCUT2D eigenvalue weighted by atomic mass is 16.4. The number of pyridine rings is 1. The summed E-state index contributed by atoms with van der Waals surface area (Å²) in [5.74, 6) is -1.09. The van der Waals surface area contributed by atoms with E-state index in [1.165, 1.54) is 6.20 Å². The van der Waals surface area contributed by atoms with Crippen LogP contribution < -0.4 is 5.32 Å². The molecule has 0 spiro atoms. The fraction of sp³-hybridized carbons (Fsp3) is 0.364. The first-order valence-corrected chi connectivity index (χ1v) is 5.02. The van der Waals surface area contributed by atoms with Crippen LogP contribution in [-0.4, -0.2) is 28.0 Å². The van der Waals surface area contributed by atoms with Gasteiger partial charge in [0.05, 0.1) is 5.56 Å². The highest BCUT2D eigenvalue weighted by Crippen LogP contribution is 2.00. The number of hydrogen-bond acceptors (Lipinski definition) is 3. The van der Waals surface area contributed by atoms with Crippen molar-refractivity contribution in [3.05, 3.63) is 30.1 Å². The molecular weight excluding hydrogens is 208 g/mol. The average molecular weight is 222 g/mol. The van der Waals surface area contributed by atoms with Crippen LogP contribution in [0.5, 0.6) is 0 Å². The standard InChI is InChI=1S/C11H14N2O3/c1-8(4-5-10(14)15)13-11(16)9-3-2-6-12-7-9/h2-3,6-8H,4-5H2,1H3,(H,13,16)(H,14,15). The highest BCUT2D eigenvalue weighted by molar-refractivity contribution is 5.93. The van der Waals surface area contributed by atoms with Crippen LogP contribution in [0.15, 0.2) is 24.5 Å². The Morgan fingerprint density at radius 3 is 2.88 bits per heavy atom. The number of aliphatic carboxylic acids is 1. The van der Waals surface area contributed by atoms with Gasteiger partial charge in [-0.2, -0.15) is 0 Å². The molecule has 0 radical (unpaired) electrons. The number of carboxylic acids is 1. The van der Waals surface area contributed by atoms with Crippen LogP contribution in [-0.2, 0) is 4.79 Å². The van der Waals surface area contributed by atoms with Gasteiger partial charge in [0, 0.05) is 24.9 Å². The number of carboxylic acid groups (broad SMARTS) is 1. The quantitative estimate of drug-likeness (QED) is 0.780. The van der Waals surface area contributed by atoms with Crippen LogP contribution in [0.3, 0.4) is 0 Å². The Kier molecular flexibility index (Phi) is 4.44. The normalized spacial score (nSPS) is 11.8. The van der Waals surface area contributed by atoms with Gasteiger partial charge in [0.25, 0.3) is 5.91 Å². The Bertz CT molecular complexity index is 365. The summed E-state index contributed by atoms with van der Waals surface area (Å²) >= 11 is 0. The van der Waals surface area contributed by atoms with Crippen LogP contribution in [0, 0.1) is 0 Å². The van der Waals surface area contributed by atoms with Crippen LogP contribution in [0.1, 0.15) is 30.1 Å². The summed E-state index contributed by atoms with van der Waals surface area (Å²) < 4.78 is 0. The lowest BCUT2D eigenvalue weighted by molar-refractivity contribution is -0.137. The molecule has 0 bridgehead atoms. The minimum absolute atomic E-state index is 0.0501. The van der Waals surface area contributed by atoms with Gasteiger partial charge in [-0.15, -0.1) is 0 Å². The zero-order valence-corrected chi connectivity index (χ0v) is 9.01. The van der Waals surface area contributed by atoms with Gasteiger partial charge >= 0.3 is 5.97 Å². The zero-order valence-electron chi connectivity index (χ0n) is 9.01. The molecule has 0 aromatic carbocycles. The molecule has 1 atom stereocenters. The van der Waals surface area contributed by atoms with Crippen LogP contribution in [0.25, 0.3) is 0 Å². The van der Waals surface area contributed by atoms with Crippen molar-refractivity contribution in [2.45, 2.75) is 25.8 Å². The summed E-state index contributed by atoms with van der Waals surface area (Å²) in [6, 6.07) is 3.17.